The van der Waals surface area contributed by atoms with Crippen molar-refractivity contribution in [3.05, 3.63) is 46.6 Å². The minimum absolute atomic E-state index is 0.203. The van der Waals surface area contributed by atoms with E-state index in [0.717, 1.165) is 25.8 Å². The number of likely N-dealkylation sites (tertiary alicyclic amines) is 1. The first-order chi connectivity index (χ1) is 16.6. The second-order valence-corrected chi connectivity index (χ2v) is 8.48. The summed E-state index contributed by atoms with van der Waals surface area (Å²) in [5.41, 5.74) is 0.904. The summed E-state index contributed by atoms with van der Waals surface area (Å²) in [5, 5.41) is 0.453. The lowest BCUT2D eigenvalue weighted by Crippen LogP contribution is -2.20. The lowest BCUT2D eigenvalue weighted by Gasteiger charge is -2.15. The van der Waals surface area contributed by atoms with Crippen molar-refractivity contribution in [1.82, 2.24) is 4.90 Å². The zero-order chi connectivity index (χ0) is 23.9. The van der Waals surface area contributed by atoms with Crippen LogP contribution in [0.1, 0.15) is 32.1 Å². The number of fused-ring (bicyclic) bond motifs is 1. The molecule has 0 unspecified atom stereocenters. The number of ether oxygens (including phenoxy) is 4. The Hall–Kier alpha value is -3.19. The van der Waals surface area contributed by atoms with E-state index in [1.807, 2.05) is 6.07 Å². The molecular weight excluding hydrogens is 434 g/mol. The number of unbranched alkanes of at least 4 members (excludes halogenated alkanes) is 2. The smallest absolute Gasteiger partial charge is 0.235 e. The van der Waals surface area contributed by atoms with E-state index in [1.165, 1.54) is 25.9 Å². The number of rotatable bonds is 11. The Morgan fingerprint density at radius 2 is 1.68 bits per heavy atom. The molecule has 0 amide bonds. The highest BCUT2D eigenvalue weighted by molar-refractivity contribution is 5.83. The van der Waals surface area contributed by atoms with Gasteiger partial charge in [-0.15, -0.1) is 0 Å². The van der Waals surface area contributed by atoms with E-state index in [9.17, 15) is 4.79 Å². The van der Waals surface area contributed by atoms with Crippen molar-refractivity contribution in [3.8, 4) is 34.3 Å². The van der Waals surface area contributed by atoms with Crippen LogP contribution < -0.4 is 24.4 Å². The van der Waals surface area contributed by atoms with Gasteiger partial charge in [0.05, 0.1) is 33.3 Å². The molecule has 34 heavy (non-hydrogen) atoms. The van der Waals surface area contributed by atoms with Gasteiger partial charge in [-0.2, -0.15) is 0 Å². The minimum atomic E-state index is -0.203. The zero-order valence-electron chi connectivity index (χ0n) is 20.2. The van der Waals surface area contributed by atoms with Crippen LogP contribution in [-0.4, -0.2) is 52.5 Å². The monoisotopic (exact) mass is 467 g/mol. The number of hydrogen-bond acceptors (Lipinski definition) is 7. The predicted octanol–water partition coefficient (Wildman–Crippen LogP) is 5.13. The number of nitrogens with zero attached hydrogens (tertiary/aromatic N) is 1. The summed E-state index contributed by atoms with van der Waals surface area (Å²) in [4.78, 5) is 15.9. The second kappa shape index (κ2) is 11.3. The van der Waals surface area contributed by atoms with Crippen molar-refractivity contribution in [3.63, 3.8) is 0 Å². The van der Waals surface area contributed by atoms with Gasteiger partial charge in [-0.3, -0.25) is 4.79 Å². The maximum Gasteiger partial charge on any atom is 0.235 e. The summed E-state index contributed by atoms with van der Waals surface area (Å²) in [7, 11) is 4.73. The highest BCUT2D eigenvalue weighted by Crippen LogP contribution is 2.37. The van der Waals surface area contributed by atoms with Crippen LogP contribution in [-0.2, 0) is 0 Å². The van der Waals surface area contributed by atoms with Crippen LogP contribution in [0.3, 0.4) is 0 Å². The lowest BCUT2D eigenvalue weighted by molar-refractivity contribution is 0.285. The summed E-state index contributed by atoms with van der Waals surface area (Å²) in [6.07, 6.45) is 5.69. The average molecular weight is 468 g/mol. The summed E-state index contributed by atoms with van der Waals surface area (Å²) in [6, 6.07) is 10.6. The molecule has 1 aliphatic rings. The zero-order valence-corrected chi connectivity index (χ0v) is 20.2. The molecule has 1 aromatic heterocycles. The largest absolute Gasteiger partial charge is 0.497 e. The number of benzene rings is 2. The molecular formula is C27H33NO6. The minimum Gasteiger partial charge on any atom is -0.497 e. The first-order valence-corrected chi connectivity index (χ1v) is 11.9. The van der Waals surface area contributed by atoms with Crippen LogP contribution in [0, 0.1) is 0 Å². The van der Waals surface area contributed by atoms with Crippen LogP contribution in [0.2, 0.25) is 0 Å². The van der Waals surface area contributed by atoms with Gasteiger partial charge in [0, 0.05) is 11.6 Å². The second-order valence-electron chi connectivity index (χ2n) is 8.48. The van der Waals surface area contributed by atoms with Gasteiger partial charge in [-0.25, -0.2) is 0 Å². The van der Waals surface area contributed by atoms with E-state index in [1.54, 1.807) is 51.7 Å². The summed E-state index contributed by atoms with van der Waals surface area (Å²) in [6.45, 7) is 4.02. The van der Waals surface area contributed by atoms with Crippen LogP contribution >= 0.6 is 0 Å². The molecule has 0 saturated carbocycles. The van der Waals surface area contributed by atoms with Crippen molar-refractivity contribution >= 4 is 11.0 Å². The van der Waals surface area contributed by atoms with Crippen LogP contribution in [0.4, 0.5) is 0 Å². The molecule has 0 atom stereocenters. The SMILES string of the molecule is COc1ccc2c(=O)c(OCCCCCN3CCCC3)c(-c3ccc(OC)c(OC)c3)oc2c1. The van der Waals surface area contributed by atoms with Crippen molar-refractivity contribution in [1.29, 1.82) is 0 Å². The Labute approximate surface area is 200 Å². The number of hydrogen-bond donors (Lipinski definition) is 0. The van der Waals surface area contributed by atoms with E-state index >= 15 is 0 Å². The maximum absolute atomic E-state index is 13.4. The molecule has 3 aromatic rings. The standard InChI is InChI=1S/C27H33NO6/c1-30-20-10-11-21-23(18-20)34-26(19-9-12-22(31-2)24(17-19)32-3)27(25(21)29)33-16-8-4-5-13-28-14-6-7-15-28/h9-12,17-18H,4-8,13-16H2,1-3H3. The maximum atomic E-state index is 13.4. The molecule has 182 valence electrons. The summed E-state index contributed by atoms with van der Waals surface area (Å²) >= 11 is 0. The van der Waals surface area contributed by atoms with Crippen molar-refractivity contribution in [2.75, 3.05) is 47.6 Å². The fraction of sp³-hybridized carbons (Fsp3) is 0.444. The van der Waals surface area contributed by atoms with Gasteiger partial charge in [0.15, 0.2) is 17.3 Å². The van der Waals surface area contributed by atoms with E-state index in [2.05, 4.69) is 4.90 Å². The van der Waals surface area contributed by atoms with Gasteiger partial charge < -0.3 is 28.3 Å². The molecule has 1 aliphatic heterocycles. The van der Waals surface area contributed by atoms with E-state index in [-0.39, 0.29) is 11.2 Å². The van der Waals surface area contributed by atoms with Gasteiger partial charge in [0.2, 0.25) is 11.2 Å². The fourth-order valence-corrected chi connectivity index (χ4v) is 4.38. The summed E-state index contributed by atoms with van der Waals surface area (Å²) in [5.74, 6) is 2.33. The third-order valence-corrected chi connectivity index (χ3v) is 6.27. The van der Waals surface area contributed by atoms with E-state index in [0.29, 0.717) is 46.1 Å². The first-order valence-electron chi connectivity index (χ1n) is 11.9. The topological polar surface area (TPSA) is 70.4 Å². The average Bonchev–Trinajstić information content (AvgIpc) is 3.39. The fourth-order valence-electron chi connectivity index (χ4n) is 4.38. The molecule has 1 saturated heterocycles. The third-order valence-electron chi connectivity index (χ3n) is 6.27. The Bertz CT molecular complexity index is 1170. The molecule has 0 N–H and O–H groups in total. The predicted molar refractivity (Wildman–Crippen MR) is 133 cm³/mol. The quantitative estimate of drug-likeness (QED) is 0.362. The normalized spacial score (nSPS) is 13.9. The van der Waals surface area contributed by atoms with Gasteiger partial charge in [0.1, 0.15) is 11.3 Å². The molecule has 0 aliphatic carbocycles. The highest BCUT2D eigenvalue weighted by Gasteiger charge is 2.20. The molecule has 7 nitrogen and oxygen atoms in total. The Morgan fingerprint density at radius 3 is 2.41 bits per heavy atom. The van der Waals surface area contributed by atoms with Crippen molar-refractivity contribution < 1.29 is 23.4 Å². The molecule has 0 spiro atoms. The van der Waals surface area contributed by atoms with E-state index in [4.69, 9.17) is 23.4 Å². The van der Waals surface area contributed by atoms with Gasteiger partial charge >= 0.3 is 0 Å². The van der Waals surface area contributed by atoms with Gasteiger partial charge in [0.25, 0.3) is 0 Å². The van der Waals surface area contributed by atoms with Gasteiger partial charge in [-0.1, -0.05) is 0 Å². The number of methoxy groups -OCH3 is 3. The summed E-state index contributed by atoms with van der Waals surface area (Å²) < 4.78 is 28.4. The highest BCUT2D eigenvalue weighted by atomic mass is 16.5. The van der Waals surface area contributed by atoms with Gasteiger partial charge in [-0.05, 0) is 82.1 Å². The molecule has 0 radical (unpaired) electrons. The Morgan fingerprint density at radius 1 is 0.882 bits per heavy atom. The van der Waals surface area contributed by atoms with Crippen LogP contribution in [0.25, 0.3) is 22.3 Å². The Kier molecular flexibility index (Phi) is 7.95. The van der Waals surface area contributed by atoms with Crippen LogP contribution in [0.5, 0.6) is 23.0 Å². The molecule has 4 rings (SSSR count). The molecule has 2 aromatic carbocycles. The Balaban J connectivity index is 1.59. The van der Waals surface area contributed by atoms with Crippen LogP contribution in [0.15, 0.2) is 45.6 Å². The molecule has 7 heteroatoms. The lowest BCUT2D eigenvalue weighted by atomic mass is 10.1. The van der Waals surface area contributed by atoms with E-state index < -0.39 is 0 Å². The molecule has 1 fully saturated rings. The van der Waals surface area contributed by atoms with Crippen molar-refractivity contribution in [2.45, 2.75) is 32.1 Å². The first kappa shape index (κ1) is 24.0. The van der Waals surface area contributed by atoms with Crippen molar-refractivity contribution in [2.24, 2.45) is 0 Å². The third kappa shape index (κ3) is 5.30. The molecule has 0 bridgehead atoms. The molecule has 2 heterocycles.